The summed E-state index contributed by atoms with van der Waals surface area (Å²) in [5, 5.41) is 2.49. The van der Waals surface area contributed by atoms with Gasteiger partial charge in [-0.05, 0) is 55.2 Å². The van der Waals surface area contributed by atoms with Gasteiger partial charge in [-0.2, -0.15) is 13.2 Å². The lowest BCUT2D eigenvalue weighted by Gasteiger charge is -2.15. The number of hydrogen-bond donors (Lipinski definition) is 2. The van der Waals surface area contributed by atoms with E-state index in [9.17, 15) is 35.2 Å². The Balaban J connectivity index is 2.18. The molecule has 1 heterocycles. The van der Waals surface area contributed by atoms with Crippen molar-refractivity contribution in [3.63, 3.8) is 0 Å². The summed E-state index contributed by atoms with van der Waals surface area (Å²) < 4.78 is 91.5. The van der Waals surface area contributed by atoms with Crippen molar-refractivity contribution in [1.82, 2.24) is 10.3 Å². The van der Waals surface area contributed by atoms with Crippen molar-refractivity contribution < 1.29 is 35.2 Å². The first-order valence-electron chi connectivity index (χ1n) is 10.2. The molecule has 34 heavy (non-hydrogen) atoms. The van der Waals surface area contributed by atoms with Crippen LogP contribution in [-0.4, -0.2) is 25.6 Å². The molecule has 0 aliphatic rings. The van der Waals surface area contributed by atoms with Crippen LogP contribution in [0.15, 0.2) is 30.3 Å². The van der Waals surface area contributed by atoms with Crippen LogP contribution < -0.4 is 10.0 Å². The molecule has 12 heteroatoms. The van der Waals surface area contributed by atoms with Gasteiger partial charge in [0.2, 0.25) is 15.9 Å². The minimum Gasteiger partial charge on any atom is -0.346 e. The summed E-state index contributed by atoms with van der Waals surface area (Å²) in [6.45, 7) is 3.34. The van der Waals surface area contributed by atoms with Gasteiger partial charge in [0, 0.05) is 11.8 Å². The number of carbonyl (C=O) groups excluding carboxylic acids is 1. The molecule has 0 aliphatic carbocycles. The van der Waals surface area contributed by atoms with Gasteiger partial charge in [0.25, 0.3) is 0 Å². The molecular weight excluding hydrogens is 481 g/mol. The first-order valence-corrected chi connectivity index (χ1v) is 12.1. The molecule has 1 aromatic heterocycles. The molecule has 0 unspecified atom stereocenters. The van der Waals surface area contributed by atoms with E-state index in [0.717, 1.165) is 37.0 Å². The lowest BCUT2D eigenvalue weighted by Crippen LogP contribution is -2.25. The quantitative estimate of drug-likeness (QED) is 0.372. The van der Waals surface area contributed by atoms with Gasteiger partial charge in [-0.1, -0.05) is 19.4 Å². The Bertz CT molecular complexity index is 1160. The lowest BCUT2D eigenvalue weighted by atomic mass is 10.1. The Hall–Kier alpha value is -3.02. The van der Waals surface area contributed by atoms with Crippen molar-refractivity contribution in [3.8, 4) is 0 Å². The van der Waals surface area contributed by atoms with Crippen LogP contribution in [0.3, 0.4) is 0 Å². The molecule has 1 aromatic carbocycles. The second-order valence-electron chi connectivity index (χ2n) is 7.63. The molecule has 2 rings (SSSR count). The molecule has 0 saturated carbocycles. The van der Waals surface area contributed by atoms with Crippen LogP contribution in [0.25, 0.3) is 6.08 Å². The molecule has 0 aliphatic heterocycles. The number of alkyl halides is 3. The summed E-state index contributed by atoms with van der Waals surface area (Å²) >= 11 is 0. The molecule has 6 nitrogen and oxygen atoms in total. The van der Waals surface area contributed by atoms with Gasteiger partial charge in [0.05, 0.1) is 12.3 Å². The lowest BCUT2D eigenvalue weighted by molar-refractivity contribution is -0.141. The van der Waals surface area contributed by atoms with Crippen LogP contribution in [0, 0.1) is 11.6 Å². The van der Waals surface area contributed by atoms with Gasteiger partial charge in [-0.3, -0.25) is 9.52 Å². The molecular formula is C22H24F5N3O3S. The maximum absolute atomic E-state index is 14.2. The molecule has 186 valence electrons. The fourth-order valence-corrected chi connectivity index (χ4v) is 3.57. The Morgan fingerprint density at radius 1 is 1.18 bits per heavy atom. The average molecular weight is 506 g/mol. The molecule has 1 atom stereocenters. The van der Waals surface area contributed by atoms with Crippen LogP contribution in [0.1, 0.15) is 55.2 Å². The van der Waals surface area contributed by atoms with E-state index in [-0.39, 0.29) is 11.3 Å². The highest BCUT2D eigenvalue weighted by atomic mass is 32.2. The molecule has 0 radical (unpaired) electrons. The van der Waals surface area contributed by atoms with Crippen molar-refractivity contribution in [3.05, 3.63) is 64.5 Å². The van der Waals surface area contributed by atoms with Crippen molar-refractivity contribution in [1.29, 1.82) is 0 Å². The zero-order valence-corrected chi connectivity index (χ0v) is 19.4. The van der Waals surface area contributed by atoms with Crippen LogP contribution >= 0.6 is 0 Å². The van der Waals surface area contributed by atoms with Gasteiger partial charge in [0.1, 0.15) is 11.4 Å². The van der Waals surface area contributed by atoms with Gasteiger partial charge in [-0.15, -0.1) is 0 Å². The Kier molecular flexibility index (Phi) is 8.76. The number of rotatable bonds is 9. The molecule has 1 amide bonds. The minimum absolute atomic E-state index is 0.0376. The predicted molar refractivity (Wildman–Crippen MR) is 118 cm³/mol. The van der Waals surface area contributed by atoms with Crippen LogP contribution in [-0.2, 0) is 27.4 Å². The van der Waals surface area contributed by atoms with E-state index in [1.165, 1.54) is 19.1 Å². The number of nitrogens with one attached hydrogen (secondary N) is 2. The number of anilines is 1. The van der Waals surface area contributed by atoms with E-state index in [4.69, 9.17) is 0 Å². The number of halogens is 5. The van der Waals surface area contributed by atoms with E-state index in [0.29, 0.717) is 18.4 Å². The fraction of sp³-hybridized carbons (Fsp3) is 0.364. The van der Waals surface area contributed by atoms with E-state index >= 15 is 0 Å². The number of aromatic nitrogens is 1. The topological polar surface area (TPSA) is 88.2 Å². The largest absolute Gasteiger partial charge is 0.433 e. The first-order chi connectivity index (χ1) is 15.7. The highest BCUT2D eigenvalue weighted by Crippen LogP contribution is 2.29. The summed E-state index contributed by atoms with van der Waals surface area (Å²) in [4.78, 5) is 16.0. The molecule has 0 spiro atoms. The third-order valence-corrected chi connectivity index (χ3v) is 5.27. The van der Waals surface area contributed by atoms with Crippen molar-refractivity contribution in [2.45, 2.75) is 45.3 Å². The number of benzene rings is 1. The normalized spacial score (nSPS) is 13.2. The highest BCUT2D eigenvalue weighted by Gasteiger charge is 2.32. The SMILES string of the molecule is CCCCc1nc(C(F)(F)F)ccc1/C=C/C(=O)N[C@H](C)c1cc(F)c(NS(C)(=O)=O)c(F)c1. The number of aryl methyl sites for hydroxylation is 1. The summed E-state index contributed by atoms with van der Waals surface area (Å²) in [6.07, 6.45) is 0.208. The monoisotopic (exact) mass is 505 g/mol. The minimum atomic E-state index is -4.59. The van der Waals surface area contributed by atoms with Crippen LogP contribution in [0.2, 0.25) is 0 Å². The Morgan fingerprint density at radius 3 is 2.32 bits per heavy atom. The highest BCUT2D eigenvalue weighted by molar-refractivity contribution is 7.92. The standard InChI is InChI=1S/C22H24F5N3O3S/c1-4-5-6-18-14(7-9-19(29-18)22(25,26)27)8-10-20(31)28-13(2)15-11-16(23)21(17(24)12-15)30-34(3,32)33/h7-13,30H,4-6H2,1-3H3,(H,28,31)/b10-8+/t13-/m1/s1. The first kappa shape index (κ1) is 27.2. The maximum Gasteiger partial charge on any atom is 0.433 e. The zero-order valence-electron chi connectivity index (χ0n) is 18.6. The number of hydrogen-bond acceptors (Lipinski definition) is 4. The van der Waals surface area contributed by atoms with Gasteiger partial charge in [0.15, 0.2) is 11.6 Å². The van der Waals surface area contributed by atoms with Crippen LogP contribution in [0.5, 0.6) is 0 Å². The number of amides is 1. The summed E-state index contributed by atoms with van der Waals surface area (Å²) in [5.74, 6) is -2.98. The molecule has 0 bridgehead atoms. The molecule has 2 aromatic rings. The third kappa shape index (κ3) is 7.79. The van der Waals surface area contributed by atoms with Crippen LogP contribution in [0.4, 0.5) is 27.6 Å². The molecule has 0 saturated heterocycles. The van der Waals surface area contributed by atoms with Crippen molar-refractivity contribution >= 4 is 27.7 Å². The zero-order chi connectivity index (χ0) is 25.7. The fourth-order valence-electron chi connectivity index (χ4n) is 3.00. The average Bonchev–Trinajstić information content (AvgIpc) is 2.72. The van der Waals surface area contributed by atoms with Crippen molar-refractivity contribution in [2.75, 3.05) is 11.0 Å². The van der Waals surface area contributed by atoms with Gasteiger partial charge in [-0.25, -0.2) is 22.2 Å². The number of carbonyl (C=O) groups is 1. The smallest absolute Gasteiger partial charge is 0.346 e. The van der Waals surface area contributed by atoms with Crippen molar-refractivity contribution in [2.24, 2.45) is 0 Å². The Labute approximate surface area is 194 Å². The molecule has 0 fully saturated rings. The predicted octanol–water partition coefficient (Wildman–Crippen LogP) is 4.98. The Morgan fingerprint density at radius 2 is 1.79 bits per heavy atom. The number of unbranched alkanes of at least 4 members (excludes halogenated alkanes) is 1. The summed E-state index contributed by atoms with van der Waals surface area (Å²) in [7, 11) is -3.90. The summed E-state index contributed by atoms with van der Waals surface area (Å²) in [6, 6.07) is 2.96. The van der Waals surface area contributed by atoms with E-state index in [1.54, 1.807) is 4.72 Å². The van der Waals surface area contributed by atoms with E-state index in [1.807, 2.05) is 6.92 Å². The second-order valence-corrected chi connectivity index (χ2v) is 9.38. The number of sulfonamides is 1. The van der Waals surface area contributed by atoms with Gasteiger partial charge < -0.3 is 5.32 Å². The maximum atomic E-state index is 14.2. The summed E-state index contributed by atoms with van der Waals surface area (Å²) in [5.41, 5.74) is -1.27. The third-order valence-electron chi connectivity index (χ3n) is 4.69. The van der Waals surface area contributed by atoms with E-state index in [2.05, 4.69) is 10.3 Å². The van der Waals surface area contributed by atoms with E-state index < -0.39 is 51.2 Å². The van der Waals surface area contributed by atoms with Gasteiger partial charge >= 0.3 is 6.18 Å². The number of nitrogens with zero attached hydrogens (tertiary/aromatic N) is 1. The molecule has 2 N–H and O–H groups in total. The second kappa shape index (κ2) is 10.9. The number of pyridine rings is 1.